The predicted octanol–water partition coefficient (Wildman–Crippen LogP) is 2.18. The number of benzene rings is 1. The fourth-order valence-electron chi connectivity index (χ4n) is 1.83. The van der Waals surface area contributed by atoms with Crippen LogP contribution in [-0.4, -0.2) is 17.9 Å². The van der Waals surface area contributed by atoms with Gasteiger partial charge in [-0.25, -0.2) is 0 Å². The molecule has 1 aromatic carbocycles. The van der Waals surface area contributed by atoms with Crippen LogP contribution in [0.15, 0.2) is 36.7 Å². The van der Waals surface area contributed by atoms with Gasteiger partial charge in [-0.05, 0) is 24.3 Å². The topological polar surface area (TPSA) is 85.2 Å². The number of nitrogen functional groups attached to an aromatic ring is 1. The lowest BCUT2D eigenvalue weighted by molar-refractivity contribution is 0.100. The fourth-order valence-corrected chi connectivity index (χ4v) is 2.18. The van der Waals surface area contributed by atoms with Gasteiger partial charge in [-0.15, -0.1) is 0 Å². The Balaban J connectivity index is 2.59. The highest BCUT2D eigenvalue weighted by Crippen LogP contribution is 2.35. The monoisotopic (exact) mass is 276 g/mol. The lowest BCUT2D eigenvalue weighted by Gasteiger charge is -2.23. The molecule has 2 rings (SSSR count). The highest BCUT2D eigenvalue weighted by Gasteiger charge is 2.18. The molecular formula is C13H13ClN4O. The summed E-state index contributed by atoms with van der Waals surface area (Å²) in [6.45, 7) is 0. The molecule has 0 atom stereocenters. The van der Waals surface area contributed by atoms with Crippen LogP contribution >= 0.6 is 11.6 Å². The van der Waals surface area contributed by atoms with Gasteiger partial charge < -0.3 is 16.4 Å². The number of hydrogen-bond acceptors (Lipinski definition) is 4. The van der Waals surface area contributed by atoms with Crippen molar-refractivity contribution in [3.8, 4) is 0 Å². The highest BCUT2D eigenvalue weighted by molar-refractivity contribution is 6.34. The van der Waals surface area contributed by atoms with E-state index >= 15 is 0 Å². The van der Waals surface area contributed by atoms with Gasteiger partial charge in [-0.1, -0.05) is 11.6 Å². The van der Waals surface area contributed by atoms with Crippen LogP contribution in [-0.2, 0) is 0 Å². The lowest BCUT2D eigenvalue weighted by Crippen LogP contribution is -2.19. The first kappa shape index (κ1) is 13.2. The van der Waals surface area contributed by atoms with Gasteiger partial charge in [0.25, 0.3) is 5.91 Å². The van der Waals surface area contributed by atoms with Crippen molar-refractivity contribution in [2.45, 2.75) is 0 Å². The fraction of sp³-hybridized carbons (Fsp3) is 0.0769. The molecule has 0 aliphatic rings. The molecule has 0 bridgehead atoms. The molecule has 0 spiro atoms. The second-order valence-electron chi connectivity index (χ2n) is 4.03. The van der Waals surface area contributed by atoms with Crippen LogP contribution in [0.25, 0.3) is 0 Å². The number of anilines is 3. The zero-order valence-electron chi connectivity index (χ0n) is 10.3. The van der Waals surface area contributed by atoms with Crippen LogP contribution in [0.4, 0.5) is 17.1 Å². The molecule has 19 heavy (non-hydrogen) atoms. The average Bonchev–Trinajstić information content (AvgIpc) is 2.38. The number of hydrogen-bond donors (Lipinski definition) is 2. The minimum Gasteiger partial charge on any atom is -0.399 e. The van der Waals surface area contributed by atoms with Crippen molar-refractivity contribution in [2.75, 3.05) is 17.7 Å². The van der Waals surface area contributed by atoms with Crippen molar-refractivity contribution in [2.24, 2.45) is 5.73 Å². The summed E-state index contributed by atoms with van der Waals surface area (Å²) in [5.74, 6) is -0.583. The molecule has 98 valence electrons. The SMILES string of the molecule is CN(c1cccnc1)c1c(Cl)cc(N)cc1C(N)=O. The zero-order valence-corrected chi connectivity index (χ0v) is 11.1. The molecular weight excluding hydrogens is 264 g/mol. The van der Waals surface area contributed by atoms with Gasteiger partial charge in [0.2, 0.25) is 0 Å². The number of pyridine rings is 1. The number of rotatable bonds is 3. The first-order valence-electron chi connectivity index (χ1n) is 5.53. The molecule has 2 aromatic rings. The average molecular weight is 277 g/mol. The summed E-state index contributed by atoms with van der Waals surface area (Å²) in [5.41, 5.74) is 13.0. The second-order valence-corrected chi connectivity index (χ2v) is 4.44. The third kappa shape index (κ3) is 2.61. The number of nitrogens with two attached hydrogens (primary N) is 2. The van der Waals surface area contributed by atoms with Crippen LogP contribution < -0.4 is 16.4 Å². The van der Waals surface area contributed by atoms with E-state index < -0.39 is 5.91 Å². The molecule has 5 nitrogen and oxygen atoms in total. The van der Waals surface area contributed by atoms with Crippen molar-refractivity contribution in [1.82, 2.24) is 4.98 Å². The Hall–Kier alpha value is -2.27. The summed E-state index contributed by atoms with van der Waals surface area (Å²) < 4.78 is 0. The maximum absolute atomic E-state index is 11.5. The first-order chi connectivity index (χ1) is 9.00. The molecule has 1 amide bonds. The molecule has 0 saturated carbocycles. The van der Waals surface area contributed by atoms with Crippen LogP contribution in [0.1, 0.15) is 10.4 Å². The van der Waals surface area contributed by atoms with E-state index in [1.54, 1.807) is 36.5 Å². The Morgan fingerprint density at radius 3 is 2.74 bits per heavy atom. The maximum atomic E-state index is 11.5. The van der Waals surface area contributed by atoms with Gasteiger partial charge in [0.05, 0.1) is 28.2 Å². The van der Waals surface area contributed by atoms with Crippen LogP contribution in [0, 0.1) is 0 Å². The number of amides is 1. The third-order valence-corrected chi connectivity index (χ3v) is 3.01. The van der Waals surface area contributed by atoms with E-state index in [9.17, 15) is 4.79 Å². The number of halogens is 1. The minimum absolute atomic E-state index is 0.274. The Labute approximate surface area is 115 Å². The van der Waals surface area contributed by atoms with Crippen molar-refractivity contribution < 1.29 is 4.79 Å². The minimum atomic E-state index is -0.583. The largest absolute Gasteiger partial charge is 0.399 e. The van der Waals surface area contributed by atoms with E-state index in [2.05, 4.69) is 4.98 Å². The zero-order chi connectivity index (χ0) is 14.0. The van der Waals surface area contributed by atoms with E-state index in [0.29, 0.717) is 16.4 Å². The normalized spacial score (nSPS) is 10.2. The molecule has 0 fully saturated rings. The summed E-state index contributed by atoms with van der Waals surface area (Å²) in [7, 11) is 1.78. The van der Waals surface area contributed by atoms with Crippen LogP contribution in [0.3, 0.4) is 0 Å². The van der Waals surface area contributed by atoms with Crippen molar-refractivity contribution in [3.05, 3.63) is 47.2 Å². The van der Waals surface area contributed by atoms with Crippen molar-refractivity contribution in [1.29, 1.82) is 0 Å². The Morgan fingerprint density at radius 1 is 1.42 bits per heavy atom. The predicted molar refractivity (Wildman–Crippen MR) is 76.7 cm³/mol. The number of primary amides is 1. The quantitative estimate of drug-likeness (QED) is 0.842. The van der Waals surface area contributed by atoms with Crippen LogP contribution in [0.2, 0.25) is 5.02 Å². The molecule has 1 heterocycles. The maximum Gasteiger partial charge on any atom is 0.250 e. The van der Waals surface area contributed by atoms with Gasteiger partial charge in [0.15, 0.2) is 0 Å². The van der Waals surface area contributed by atoms with Gasteiger partial charge in [0.1, 0.15) is 0 Å². The van der Waals surface area contributed by atoms with Gasteiger partial charge in [-0.3, -0.25) is 9.78 Å². The number of carbonyl (C=O) groups is 1. The Kier molecular flexibility index (Phi) is 3.57. The lowest BCUT2D eigenvalue weighted by atomic mass is 10.1. The van der Waals surface area contributed by atoms with E-state index in [1.165, 1.54) is 6.07 Å². The molecule has 0 aliphatic carbocycles. The molecule has 0 saturated heterocycles. The van der Waals surface area contributed by atoms with Crippen molar-refractivity contribution >= 4 is 34.6 Å². The smallest absolute Gasteiger partial charge is 0.250 e. The van der Waals surface area contributed by atoms with E-state index in [0.717, 1.165) is 5.69 Å². The molecule has 4 N–H and O–H groups in total. The summed E-state index contributed by atoms with van der Waals surface area (Å²) in [6.07, 6.45) is 3.33. The Morgan fingerprint density at radius 2 is 2.16 bits per heavy atom. The van der Waals surface area contributed by atoms with Gasteiger partial charge in [-0.2, -0.15) is 0 Å². The summed E-state index contributed by atoms with van der Waals surface area (Å²) in [5, 5.41) is 0.361. The highest BCUT2D eigenvalue weighted by atomic mass is 35.5. The molecule has 0 radical (unpaired) electrons. The number of nitrogens with zero attached hydrogens (tertiary/aromatic N) is 2. The molecule has 1 aromatic heterocycles. The Bertz CT molecular complexity index is 616. The van der Waals surface area contributed by atoms with Gasteiger partial charge >= 0.3 is 0 Å². The third-order valence-electron chi connectivity index (χ3n) is 2.72. The number of carbonyl (C=O) groups excluding carboxylic acids is 1. The van der Waals surface area contributed by atoms with Crippen molar-refractivity contribution in [3.63, 3.8) is 0 Å². The van der Waals surface area contributed by atoms with E-state index in [-0.39, 0.29) is 5.56 Å². The number of aromatic nitrogens is 1. The van der Waals surface area contributed by atoms with Crippen LogP contribution in [0.5, 0.6) is 0 Å². The summed E-state index contributed by atoms with van der Waals surface area (Å²) in [6, 6.07) is 6.73. The second kappa shape index (κ2) is 5.16. The van der Waals surface area contributed by atoms with E-state index in [1.807, 2.05) is 6.07 Å². The van der Waals surface area contributed by atoms with E-state index in [4.69, 9.17) is 23.1 Å². The summed E-state index contributed by atoms with van der Waals surface area (Å²) >= 11 is 6.17. The first-order valence-corrected chi connectivity index (χ1v) is 5.91. The molecule has 0 unspecified atom stereocenters. The van der Waals surface area contributed by atoms with Gasteiger partial charge in [0, 0.05) is 18.9 Å². The molecule has 6 heteroatoms. The molecule has 0 aliphatic heterocycles. The standard InChI is InChI=1S/C13H13ClN4O/c1-18(9-3-2-4-17-7-9)12-10(13(16)19)5-8(15)6-11(12)14/h2-7H,15H2,1H3,(H2,16,19). The summed E-state index contributed by atoms with van der Waals surface area (Å²) in [4.78, 5) is 17.3.